The Bertz CT molecular complexity index is 377. The molecule has 1 heterocycles. The van der Waals surface area contributed by atoms with E-state index >= 15 is 0 Å². The topological polar surface area (TPSA) is 85.9 Å². The van der Waals surface area contributed by atoms with Gasteiger partial charge in [0, 0.05) is 18.8 Å². The number of hydrogen-bond acceptors (Lipinski definition) is 4. The number of primary sulfonamides is 1. The highest BCUT2D eigenvalue weighted by Crippen LogP contribution is 2.07. The van der Waals surface area contributed by atoms with Gasteiger partial charge in [-0.3, -0.25) is 0 Å². The molecule has 0 bridgehead atoms. The fraction of sp³-hybridized carbons (Fsp3) is 0.500. The Morgan fingerprint density at radius 2 is 2.00 bits per heavy atom. The maximum atomic E-state index is 11.1. The fourth-order valence-electron chi connectivity index (χ4n) is 1.13. The summed E-state index contributed by atoms with van der Waals surface area (Å²) < 4.78 is 22.2. The zero-order chi connectivity index (χ0) is 10.6. The summed E-state index contributed by atoms with van der Waals surface area (Å²) in [6.45, 7) is 1.78. The monoisotopic (exact) mass is 215 g/mol. The molecule has 1 rings (SSSR count). The van der Waals surface area contributed by atoms with E-state index in [0.29, 0.717) is 12.2 Å². The van der Waals surface area contributed by atoms with Crippen molar-refractivity contribution in [2.45, 2.75) is 25.0 Å². The maximum absolute atomic E-state index is 11.1. The number of nitrogens with zero attached hydrogens (tertiary/aromatic N) is 2. The lowest BCUT2D eigenvalue weighted by molar-refractivity contribution is 0.572. The highest BCUT2D eigenvalue weighted by Gasteiger charge is 2.20. The van der Waals surface area contributed by atoms with Crippen LogP contribution in [0.4, 0.5) is 0 Å². The molecule has 2 N–H and O–H groups in total. The third-order valence-corrected chi connectivity index (χ3v) is 3.38. The molecule has 6 heteroatoms. The predicted molar refractivity (Wildman–Crippen MR) is 52.9 cm³/mol. The SMILES string of the molecule is CCC(Cc1ncccn1)S(N)(=O)=O. The zero-order valence-corrected chi connectivity index (χ0v) is 8.74. The Labute approximate surface area is 83.4 Å². The lowest BCUT2D eigenvalue weighted by atomic mass is 10.2. The van der Waals surface area contributed by atoms with Crippen LogP contribution >= 0.6 is 0 Å². The van der Waals surface area contributed by atoms with E-state index in [0.717, 1.165) is 0 Å². The molecule has 0 spiro atoms. The summed E-state index contributed by atoms with van der Waals surface area (Å²) in [6.07, 6.45) is 3.91. The second kappa shape index (κ2) is 4.47. The Hall–Kier alpha value is -1.01. The fourth-order valence-corrected chi connectivity index (χ4v) is 1.98. The van der Waals surface area contributed by atoms with E-state index < -0.39 is 15.3 Å². The summed E-state index contributed by atoms with van der Waals surface area (Å²) in [7, 11) is -3.49. The molecule has 5 nitrogen and oxygen atoms in total. The van der Waals surface area contributed by atoms with Crippen LogP contribution in [0.2, 0.25) is 0 Å². The van der Waals surface area contributed by atoms with Crippen molar-refractivity contribution in [3.8, 4) is 0 Å². The van der Waals surface area contributed by atoms with Crippen molar-refractivity contribution in [1.29, 1.82) is 0 Å². The van der Waals surface area contributed by atoms with Gasteiger partial charge in [-0.15, -0.1) is 0 Å². The van der Waals surface area contributed by atoms with Gasteiger partial charge in [0.15, 0.2) is 0 Å². The third kappa shape index (κ3) is 3.04. The van der Waals surface area contributed by atoms with E-state index in [1.807, 2.05) is 0 Å². The summed E-state index contributed by atoms with van der Waals surface area (Å²) in [5, 5.41) is 4.46. The first kappa shape index (κ1) is 11.1. The van der Waals surface area contributed by atoms with Crippen LogP contribution < -0.4 is 5.14 Å². The first-order valence-electron chi connectivity index (χ1n) is 4.31. The van der Waals surface area contributed by atoms with Gasteiger partial charge in [-0.1, -0.05) is 6.92 Å². The average molecular weight is 215 g/mol. The van der Waals surface area contributed by atoms with Crippen LogP contribution in [0, 0.1) is 0 Å². The van der Waals surface area contributed by atoms with E-state index in [4.69, 9.17) is 5.14 Å². The summed E-state index contributed by atoms with van der Waals surface area (Å²) in [5.74, 6) is 0.508. The summed E-state index contributed by atoms with van der Waals surface area (Å²) in [5.41, 5.74) is 0. The van der Waals surface area contributed by atoms with Crippen LogP contribution in [-0.2, 0) is 16.4 Å². The number of hydrogen-bond donors (Lipinski definition) is 1. The van der Waals surface area contributed by atoms with Gasteiger partial charge in [-0.05, 0) is 12.5 Å². The van der Waals surface area contributed by atoms with Gasteiger partial charge >= 0.3 is 0 Å². The average Bonchev–Trinajstić information content (AvgIpc) is 2.14. The number of aromatic nitrogens is 2. The molecule has 1 unspecified atom stereocenters. The van der Waals surface area contributed by atoms with E-state index in [2.05, 4.69) is 9.97 Å². The molecule has 0 saturated heterocycles. The third-order valence-electron chi connectivity index (χ3n) is 1.95. The Morgan fingerprint density at radius 1 is 1.43 bits per heavy atom. The summed E-state index contributed by atoms with van der Waals surface area (Å²) in [4.78, 5) is 7.90. The van der Waals surface area contributed by atoms with Crippen LogP contribution in [0.3, 0.4) is 0 Å². The molecule has 14 heavy (non-hydrogen) atoms. The molecular weight excluding hydrogens is 202 g/mol. The number of nitrogens with two attached hydrogens (primary N) is 1. The molecule has 78 valence electrons. The van der Waals surface area contributed by atoms with Gasteiger partial charge < -0.3 is 0 Å². The summed E-state index contributed by atoms with van der Waals surface area (Å²) >= 11 is 0. The van der Waals surface area contributed by atoms with Gasteiger partial charge in [0.25, 0.3) is 0 Å². The van der Waals surface area contributed by atoms with Gasteiger partial charge in [0.1, 0.15) is 5.82 Å². The summed E-state index contributed by atoms with van der Waals surface area (Å²) in [6, 6.07) is 1.68. The molecule has 1 aromatic heterocycles. The lowest BCUT2D eigenvalue weighted by Crippen LogP contribution is -2.30. The molecule has 1 atom stereocenters. The molecule has 0 aromatic carbocycles. The van der Waals surface area contributed by atoms with Crippen molar-refractivity contribution in [2.75, 3.05) is 0 Å². The van der Waals surface area contributed by atoms with E-state index in [-0.39, 0.29) is 6.42 Å². The first-order valence-corrected chi connectivity index (χ1v) is 5.92. The molecule has 0 aliphatic rings. The Balaban J connectivity index is 2.77. The van der Waals surface area contributed by atoms with Gasteiger partial charge in [-0.25, -0.2) is 23.5 Å². The Kier molecular flexibility index (Phi) is 3.54. The molecule has 0 amide bonds. The normalized spacial score (nSPS) is 13.9. The Morgan fingerprint density at radius 3 is 2.43 bits per heavy atom. The van der Waals surface area contributed by atoms with E-state index in [1.165, 1.54) is 0 Å². The van der Waals surface area contributed by atoms with Gasteiger partial charge in [-0.2, -0.15) is 0 Å². The molecule has 0 fully saturated rings. The minimum absolute atomic E-state index is 0.274. The van der Waals surface area contributed by atoms with Crippen LogP contribution in [-0.4, -0.2) is 23.6 Å². The molecule has 0 saturated carbocycles. The lowest BCUT2D eigenvalue weighted by Gasteiger charge is -2.10. The second-order valence-corrected chi connectivity index (χ2v) is 4.83. The van der Waals surface area contributed by atoms with Gasteiger partial charge in [0.2, 0.25) is 10.0 Å². The molecule has 0 aliphatic heterocycles. The highest BCUT2D eigenvalue weighted by atomic mass is 32.2. The van der Waals surface area contributed by atoms with Crippen molar-refractivity contribution >= 4 is 10.0 Å². The minimum Gasteiger partial charge on any atom is -0.241 e. The van der Waals surface area contributed by atoms with Crippen molar-refractivity contribution < 1.29 is 8.42 Å². The minimum atomic E-state index is -3.49. The standard InChI is InChI=1S/C8H13N3O2S/c1-2-7(14(9,12)13)6-8-10-4-3-5-11-8/h3-5,7H,2,6H2,1H3,(H2,9,12,13). The largest absolute Gasteiger partial charge is 0.241 e. The van der Waals surface area contributed by atoms with Crippen LogP contribution in [0.5, 0.6) is 0 Å². The highest BCUT2D eigenvalue weighted by molar-refractivity contribution is 7.89. The molecule has 1 aromatic rings. The number of sulfonamides is 1. The second-order valence-electron chi connectivity index (χ2n) is 2.99. The van der Waals surface area contributed by atoms with Crippen molar-refractivity contribution in [1.82, 2.24) is 9.97 Å². The molecule has 0 radical (unpaired) electrons. The number of rotatable bonds is 4. The first-order chi connectivity index (χ1) is 6.54. The van der Waals surface area contributed by atoms with Crippen LogP contribution in [0.15, 0.2) is 18.5 Å². The van der Waals surface area contributed by atoms with E-state index in [1.54, 1.807) is 25.4 Å². The molecular formula is C8H13N3O2S. The van der Waals surface area contributed by atoms with Crippen molar-refractivity contribution in [3.05, 3.63) is 24.3 Å². The van der Waals surface area contributed by atoms with Crippen molar-refractivity contribution in [2.24, 2.45) is 5.14 Å². The molecule has 0 aliphatic carbocycles. The van der Waals surface area contributed by atoms with Gasteiger partial charge in [0.05, 0.1) is 5.25 Å². The van der Waals surface area contributed by atoms with E-state index in [9.17, 15) is 8.42 Å². The smallest absolute Gasteiger partial charge is 0.212 e. The zero-order valence-electron chi connectivity index (χ0n) is 7.92. The van der Waals surface area contributed by atoms with Crippen LogP contribution in [0.25, 0.3) is 0 Å². The van der Waals surface area contributed by atoms with Crippen molar-refractivity contribution in [3.63, 3.8) is 0 Å². The maximum Gasteiger partial charge on any atom is 0.212 e. The predicted octanol–water partition coefficient (Wildman–Crippen LogP) is 0.0862. The quantitative estimate of drug-likeness (QED) is 0.771. The van der Waals surface area contributed by atoms with Crippen LogP contribution in [0.1, 0.15) is 19.2 Å².